The number of fused-ring (bicyclic) bond motifs is 2. The second-order valence-electron chi connectivity index (χ2n) is 9.25. The van der Waals surface area contributed by atoms with Gasteiger partial charge in [-0.3, -0.25) is 9.59 Å². The van der Waals surface area contributed by atoms with Crippen molar-refractivity contribution in [3.63, 3.8) is 0 Å². The van der Waals surface area contributed by atoms with Crippen LogP contribution in [0.5, 0.6) is 0 Å². The molecule has 0 unspecified atom stereocenters. The topological polar surface area (TPSA) is 125 Å². The van der Waals surface area contributed by atoms with Crippen LogP contribution in [-0.4, -0.2) is 33.3 Å². The van der Waals surface area contributed by atoms with Crippen molar-refractivity contribution in [2.24, 2.45) is 0 Å². The van der Waals surface area contributed by atoms with Gasteiger partial charge in [-0.1, -0.05) is 36.4 Å². The summed E-state index contributed by atoms with van der Waals surface area (Å²) in [4.78, 5) is 53.9. The molecule has 3 N–H and O–H groups in total. The number of rotatable bonds is 11. The molecule has 0 fully saturated rings. The van der Waals surface area contributed by atoms with Crippen molar-refractivity contribution in [2.45, 2.75) is 46.1 Å². The fraction of sp³-hybridized carbons (Fsp3) is 0.233. The number of para-hydroxylation sites is 2. The Labute approximate surface area is 220 Å². The van der Waals surface area contributed by atoms with Gasteiger partial charge in [0.25, 0.3) is 0 Å². The van der Waals surface area contributed by atoms with E-state index < -0.39 is 5.91 Å². The first kappa shape index (κ1) is 26.6. The Balaban J connectivity index is 1.88. The van der Waals surface area contributed by atoms with Crippen LogP contribution in [0.3, 0.4) is 0 Å². The number of amides is 1. The van der Waals surface area contributed by atoms with E-state index in [9.17, 15) is 24.3 Å². The minimum absolute atomic E-state index is 0.0395. The first-order chi connectivity index (χ1) is 18.3. The van der Waals surface area contributed by atoms with Gasteiger partial charge >= 0.3 is 0 Å². The third kappa shape index (κ3) is 6.10. The van der Waals surface area contributed by atoms with Crippen LogP contribution in [0.2, 0.25) is 0 Å². The summed E-state index contributed by atoms with van der Waals surface area (Å²) in [5.41, 5.74) is 3.50. The Morgan fingerprint density at radius 1 is 0.763 bits per heavy atom. The van der Waals surface area contributed by atoms with Crippen LogP contribution in [0.4, 0.5) is 17.1 Å². The van der Waals surface area contributed by atoms with Crippen LogP contribution in [-0.2, 0) is 21.0 Å². The Bertz CT molecular complexity index is 1510. The highest BCUT2D eigenvalue weighted by Crippen LogP contribution is 2.37. The first-order valence-corrected chi connectivity index (χ1v) is 12.4. The summed E-state index contributed by atoms with van der Waals surface area (Å²) in [5.74, 6) is -1.02. The van der Waals surface area contributed by atoms with Gasteiger partial charge < -0.3 is 25.3 Å². The Hall–Kier alpha value is -4.43. The molecule has 3 aromatic carbocycles. The van der Waals surface area contributed by atoms with Gasteiger partial charge in [0.1, 0.15) is 11.6 Å². The van der Waals surface area contributed by atoms with E-state index in [2.05, 4.69) is 10.6 Å². The zero-order valence-electron chi connectivity index (χ0n) is 21.3. The van der Waals surface area contributed by atoms with Crippen LogP contribution in [0.25, 0.3) is 21.8 Å². The number of benzene rings is 3. The number of anilines is 3. The Kier molecular flexibility index (Phi) is 8.23. The van der Waals surface area contributed by atoms with Crippen LogP contribution in [0.1, 0.15) is 55.5 Å². The van der Waals surface area contributed by atoms with Crippen molar-refractivity contribution in [3.8, 4) is 0 Å². The summed E-state index contributed by atoms with van der Waals surface area (Å²) in [6.07, 6.45) is 0.0386. The van der Waals surface area contributed by atoms with Crippen LogP contribution < -0.4 is 10.6 Å². The molecule has 0 saturated carbocycles. The normalized spacial score (nSPS) is 10.9. The molecule has 0 bridgehead atoms. The van der Waals surface area contributed by atoms with E-state index in [4.69, 9.17) is 4.98 Å². The average molecular weight is 512 g/mol. The van der Waals surface area contributed by atoms with E-state index in [0.717, 1.165) is 27.5 Å². The highest BCUT2D eigenvalue weighted by Gasteiger charge is 2.22. The third-order valence-corrected chi connectivity index (χ3v) is 6.19. The molecule has 0 radical (unpaired) electrons. The number of carbonyl (C=O) groups excluding carboxylic acids is 4. The maximum absolute atomic E-state index is 13.5. The maximum atomic E-state index is 13.5. The number of hydrogen-bond acceptors (Lipinski definition) is 7. The zero-order chi connectivity index (χ0) is 27.2. The van der Waals surface area contributed by atoms with Gasteiger partial charge in [-0.2, -0.15) is 0 Å². The van der Waals surface area contributed by atoms with Gasteiger partial charge in [0.05, 0.1) is 40.3 Å². The average Bonchev–Trinajstić information content (AvgIpc) is 2.90. The molecule has 0 aliphatic heterocycles. The van der Waals surface area contributed by atoms with Crippen molar-refractivity contribution in [3.05, 3.63) is 71.8 Å². The number of hydrogen-bond donors (Lipinski definition) is 3. The standard InChI is InChI=1S/C30H29N3O5/c1-18(35)11-13-27(37)29-25(32-28(38)14-12-19(2)36)15-20(17-34)16-26(29)33-30-21-7-3-5-9-23(21)31-24-10-6-4-8-22(24)30/h3-10,15-16,34H,11-14,17H2,1-2H3,(H,31,33)(H,32,38). The molecule has 0 aliphatic rings. The van der Waals surface area contributed by atoms with Crippen molar-refractivity contribution in [1.29, 1.82) is 0 Å². The summed E-state index contributed by atoms with van der Waals surface area (Å²) in [5, 5.41) is 17.8. The molecule has 194 valence electrons. The lowest BCUT2D eigenvalue weighted by Crippen LogP contribution is -2.17. The fourth-order valence-corrected chi connectivity index (χ4v) is 4.32. The summed E-state index contributed by atoms with van der Waals surface area (Å²) >= 11 is 0. The maximum Gasteiger partial charge on any atom is 0.224 e. The molecule has 38 heavy (non-hydrogen) atoms. The quantitative estimate of drug-likeness (QED) is 0.180. The minimum atomic E-state index is -0.429. The lowest BCUT2D eigenvalue weighted by molar-refractivity contribution is -0.121. The van der Waals surface area contributed by atoms with Crippen LogP contribution >= 0.6 is 0 Å². The lowest BCUT2D eigenvalue weighted by atomic mass is 9.98. The predicted octanol–water partition coefficient (Wildman–Crippen LogP) is 5.48. The van der Waals surface area contributed by atoms with Crippen LogP contribution in [0, 0.1) is 0 Å². The van der Waals surface area contributed by atoms with E-state index in [0.29, 0.717) is 11.3 Å². The number of aromatic nitrogens is 1. The number of aliphatic hydroxyl groups is 1. The monoisotopic (exact) mass is 511 g/mol. The second-order valence-corrected chi connectivity index (χ2v) is 9.25. The van der Waals surface area contributed by atoms with Crippen molar-refractivity contribution in [2.75, 3.05) is 10.6 Å². The number of nitrogens with zero attached hydrogens (tertiary/aromatic N) is 1. The van der Waals surface area contributed by atoms with Gasteiger partial charge in [-0.15, -0.1) is 0 Å². The predicted molar refractivity (Wildman–Crippen MR) is 148 cm³/mol. The molecule has 8 nitrogen and oxygen atoms in total. The van der Waals surface area contributed by atoms with Gasteiger partial charge in [-0.25, -0.2) is 4.98 Å². The molecule has 1 aromatic heterocycles. The number of pyridine rings is 1. The van der Waals surface area contributed by atoms with E-state index in [-0.39, 0.29) is 60.9 Å². The number of ketones is 3. The molecule has 1 heterocycles. The summed E-state index contributed by atoms with van der Waals surface area (Å²) in [6, 6.07) is 18.4. The molecule has 8 heteroatoms. The Morgan fingerprint density at radius 3 is 1.89 bits per heavy atom. The number of carbonyl (C=O) groups is 4. The molecule has 0 aliphatic carbocycles. The van der Waals surface area contributed by atoms with Crippen molar-refractivity contribution < 1.29 is 24.3 Å². The molecule has 4 aromatic rings. The second kappa shape index (κ2) is 11.7. The van der Waals surface area contributed by atoms with E-state index in [1.54, 1.807) is 12.1 Å². The molecule has 0 atom stereocenters. The van der Waals surface area contributed by atoms with E-state index in [1.807, 2.05) is 48.5 Å². The van der Waals surface area contributed by atoms with Crippen LogP contribution in [0.15, 0.2) is 60.7 Å². The van der Waals surface area contributed by atoms with Gasteiger partial charge in [-0.05, 0) is 43.7 Å². The SMILES string of the molecule is CC(=O)CCC(=O)Nc1cc(CO)cc(Nc2c3ccccc3nc3ccccc23)c1C(=O)CCC(C)=O. The summed E-state index contributed by atoms with van der Waals surface area (Å²) < 4.78 is 0. The molecule has 4 rings (SSSR count). The van der Waals surface area contributed by atoms with Gasteiger partial charge in [0, 0.05) is 36.5 Å². The summed E-state index contributed by atoms with van der Waals surface area (Å²) in [6.45, 7) is 2.49. The molecular weight excluding hydrogens is 482 g/mol. The molecule has 0 spiro atoms. The number of Topliss-reactive ketones (excluding diaryl/α,β-unsaturated/α-hetero) is 3. The van der Waals surface area contributed by atoms with Gasteiger partial charge in [0.2, 0.25) is 5.91 Å². The first-order valence-electron chi connectivity index (χ1n) is 12.4. The number of aliphatic hydroxyl groups excluding tert-OH is 1. The van der Waals surface area contributed by atoms with Crippen molar-refractivity contribution in [1.82, 2.24) is 4.98 Å². The van der Waals surface area contributed by atoms with Gasteiger partial charge in [0.15, 0.2) is 5.78 Å². The molecule has 0 saturated heterocycles. The van der Waals surface area contributed by atoms with E-state index >= 15 is 0 Å². The zero-order valence-corrected chi connectivity index (χ0v) is 21.3. The molecular formula is C30H29N3O5. The van der Waals surface area contributed by atoms with Crippen molar-refractivity contribution >= 4 is 62.1 Å². The van der Waals surface area contributed by atoms with E-state index in [1.165, 1.54) is 13.8 Å². The minimum Gasteiger partial charge on any atom is -0.392 e. The number of nitrogens with one attached hydrogen (secondary N) is 2. The largest absolute Gasteiger partial charge is 0.392 e. The fourth-order valence-electron chi connectivity index (χ4n) is 4.32. The molecule has 1 amide bonds. The highest BCUT2D eigenvalue weighted by atomic mass is 16.3. The Morgan fingerprint density at radius 2 is 1.32 bits per heavy atom. The third-order valence-electron chi connectivity index (χ3n) is 6.19. The summed E-state index contributed by atoms with van der Waals surface area (Å²) in [7, 11) is 0. The lowest BCUT2D eigenvalue weighted by Gasteiger charge is -2.20. The highest BCUT2D eigenvalue weighted by molar-refractivity contribution is 6.13. The smallest absolute Gasteiger partial charge is 0.224 e.